The molecule has 1 atom stereocenters. The summed E-state index contributed by atoms with van der Waals surface area (Å²) in [5, 5.41) is 12.2. The van der Waals surface area contributed by atoms with E-state index >= 15 is 0 Å². The molecule has 1 unspecified atom stereocenters. The maximum Gasteiger partial charge on any atom is 0.317 e. The van der Waals surface area contributed by atoms with Crippen LogP contribution in [0.4, 0.5) is 4.79 Å². The van der Waals surface area contributed by atoms with E-state index < -0.39 is 6.10 Å². The lowest BCUT2D eigenvalue weighted by Gasteiger charge is -2.19. The summed E-state index contributed by atoms with van der Waals surface area (Å²) in [6, 6.07) is 2.12. The highest BCUT2D eigenvalue weighted by Crippen LogP contribution is 2.28. The van der Waals surface area contributed by atoms with Gasteiger partial charge in [-0.15, -0.1) is 11.3 Å². The second kappa shape index (κ2) is 7.09. The number of aliphatic hydroxyl groups is 1. The number of likely N-dealkylation sites (N-methyl/N-ethyl adjacent to an activating group) is 1. The number of fused-ring (bicyclic) bond motifs is 1. The number of aliphatic hydroxyl groups excluding tert-OH is 1. The Morgan fingerprint density at radius 3 is 2.95 bits per heavy atom. The number of carbonyl (C=O) groups excluding carboxylic acids is 1. The predicted octanol–water partition coefficient (Wildman–Crippen LogP) is 2.54. The van der Waals surface area contributed by atoms with E-state index in [-0.39, 0.29) is 6.03 Å². The molecule has 0 aliphatic heterocycles. The Morgan fingerprint density at radius 2 is 2.20 bits per heavy atom. The minimum Gasteiger partial charge on any atom is -0.392 e. The zero-order valence-electron chi connectivity index (χ0n) is 12.3. The Bertz CT molecular complexity index is 433. The molecule has 1 aliphatic carbocycles. The molecule has 0 saturated heterocycles. The molecule has 0 saturated carbocycles. The summed E-state index contributed by atoms with van der Waals surface area (Å²) in [5.74, 6) is 0. The van der Waals surface area contributed by atoms with Crippen molar-refractivity contribution in [1.29, 1.82) is 0 Å². The van der Waals surface area contributed by atoms with Crippen LogP contribution in [0.2, 0.25) is 0 Å². The lowest BCUT2D eigenvalue weighted by Crippen LogP contribution is -2.40. The van der Waals surface area contributed by atoms with Crippen LogP contribution in [0.1, 0.15) is 41.5 Å². The third kappa shape index (κ3) is 4.21. The van der Waals surface area contributed by atoms with Crippen LogP contribution in [-0.2, 0) is 19.4 Å². The third-order valence-corrected chi connectivity index (χ3v) is 4.83. The van der Waals surface area contributed by atoms with Crippen LogP contribution in [0.25, 0.3) is 0 Å². The summed E-state index contributed by atoms with van der Waals surface area (Å²) in [6.07, 6.45) is 5.78. The molecule has 0 bridgehead atoms. The van der Waals surface area contributed by atoms with Crippen LogP contribution >= 0.6 is 11.3 Å². The fourth-order valence-electron chi connectivity index (χ4n) is 2.59. The standard InChI is InChI=1S/C15H24N2O2S/c1-11(18)10-17(2)15(19)16-9-13-8-12-6-4-3-5-7-14(12)20-13/h8,11,18H,3-7,9-10H2,1-2H3,(H,16,19). The lowest BCUT2D eigenvalue weighted by atomic mass is 10.1. The Kier molecular flexibility index (Phi) is 5.43. The topological polar surface area (TPSA) is 52.6 Å². The van der Waals surface area contributed by atoms with Crippen molar-refractivity contribution < 1.29 is 9.90 Å². The van der Waals surface area contributed by atoms with Crippen LogP contribution in [0, 0.1) is 0 Å². The van der Waals surface area contributed by atoms with Gasteiger partial charge in [0.15, 0.2) is 0 Å². The van der Waals surface area contributed by atoms with E-state index in [9.17, 15) is 9.90 Å². The van der Waals surface area contributed by atoms with Gasteiger partial charge < -0.3 is 15.3 Å². The van der Waals surface area contributed by atoms with Crippen molar-refractivity contribution in [2.75, 3.05) is 13.6 Å². The van der Waals surface area contributed by atoms with E-state index in [0.29, 0.717) is 13.1 Å². The zero-order valence-corrected chi connectivity index (χ0v) is 13.1. The number of nitrogens with one attached hydrogen (secondary N) is 1. The molecule has 1 aromatic rings. The Balaban J connectivity index is 1.86. The minimum atomic E-state index is -0.497. The van der Waals surface area contributed by atoms with Crippen molar-refractivity contribution in [3.63, 3.8) is 0 Å². The first-order valence-corrected chi connectivity index (χ1v) is 8.15. The molecule has 0 spiro atoms. The van der Waals surface area contributed by atoms with Gasteiger partial charge in [0.25, 0.3) is 0 Å². The second-order valence-corrected chi connectivity index (χ2v) is 6.83. The first-order chi connectivity index (χ1) is 9.56. The van der Waals surface area contributed by atoms with Crippen molar-refractivity contribution in [1.82, 2.24) is 10.2 Å². The van der Waals surface area contributed by atoms with Crippen LogP contribution in [-0.4, -0.2) is 35.7 Å². The molecular weight excluding hydrogens is 272 g/mol. The molecule has 0 radical (unpaired) electrons. The molecule has 4 nitrogen and oxygen atoms in total. The lowest BCUT2D eigenvalue weighted by molar-refractivity contribution is 0.144. The van der Waals surface area contributed by atoms with Gasteiger partial charge in [0.2, 0.25) is 0 Å². The fourth-order valence-corrected chi connectivity index (χ4v) is 3.79. The molecule has 1 heterocycles. The molecule has 1 aliphatic rings. The van der Waals surface area contributed by atoms with E-state index in [4.69, 9.17) is 0 Å². The first-order valence-electron chi connectivity index (χ1n) is 7.33. The summed E-state index contributed by atoms with van der Waals surface area (Å²) in [5.41, 5.74) is 1.48. The number of aryl methyl sites for hydroxylation is 2. The smallest absolute Gasteiger partial charge is 0.317 e. The second-order valence-electron chi connectivity index (χ2n) is 5.61. The molecular formula is C15H24N2O2S. The molecule has 5 heteroatoms. The number of thiophene rings is 1. The number of rotatable bonds is 4. The fraction of sp³-hybridized carbons (Fsp3) is 0.667. The van der Waals surface area contributed by atoms with Crippen molar-refractivity contribution in [2.24, 2.45) is 0 Å². The van der Waals surface area contributed by atoms with Gasteiger partial charge in [-0.1, -0.05) is 6.42 Å². The van der Waals surface area contributed by atoms with Gasteiger partial charge in [-0.05, 0) is 44.2 Å². The summed E-state index contributed by atoms with van der Waals surface area (Å²) >= 11 is 1.83. The van der Waals surface area contributed by atoms with E-state index in [2.05, 4.69) is 11.4 Å². The van der Waals surface area contributed by atoms with E-state index in [1.165, 1.54) is 52.3 Å². The maximum absolute atomic E-state index is 11.9. The Morgan fingerprint density at radius 1 is 1.45 bits per heavy atom. The molecule has 0 fully saturated rings. The van der Waals surface area contributed by atoms with Gasteiger partial charge >= 0.3 is 6.03 Å². The van der Waals surface area contributed by atoms with Gasteiger partial charge in [0.05, 0.1) is 12.6 Å². The van der Waals surface area contributed by atoms with Crippen molar-refractivity contribution in [3.05, 3.63) is 21.4 Å². The molecule has 112 valence electrons. The van der Waals surface area contributed by atoms with Gasteiger partial charge in [-0.2, -0.15) is 0 Å². The summed E-state index contributed by atoms with van der Waals surface area (Å²) < 4.78 is 0. The molecule has 2 amide bonds. The number of nitrogens with zero attached hydrogens (tertiary/aromatic N) is 1. The third-order valence-electron chi connectivity index (χ3n) is 3.60. The average Bonchev–Trinajstić information content (AvgIpc) is 2.65. The van der Waals surface area contributed by atoms with Crippen LogP contribution in [0.15, 0.2) is 6.07 Å². The largest absolute Gasteiger partial charge is 0.392 e. The highest BCUT2D eigenvalue weighted by atomic mass is 32.1. The number of amides is 2. The molecule has 2 rings (SSSR count). The predicted molar refractivity (Wildman–Crippen MR) is 82.1 cm³/mol. The molecule has 0 aromatic carbocycles. The molecule has 1 aromatic heterocycles. The van der Waals surface area contributed by atoms with Crippen molar-refractivity contribution in [2.45, 2.75) is 51.7 Å². The number of carbonyl (C=O) groups is 1. The SMILES string of the molecule is CC(O)CN(C)C(=O)NCc1cc2c(s1)CCCCC2. The van der Waals surface area contributed by atoms with E-state index in [0.717, 1.165) is 0 Å². The minimum absolute atomic E-state index is 0.130. The summed E-state index contributed by atoms with van der Waals surface area (Å²) in [7, 11) is 1.70. The summed E-state index contributed by atoms with van der Waals surface area (Å²) in [6.45, 7) is 2.62. The molecule has 20 heavy (non-hydrogen) atoms. The van der Waals surface area contributed by atoms with Crippen LogP contribution in [0.5, 0.6) is 0 Å². The number of hydrogen-bond donors (Lipinski definition) is 2. The van der Waals surface area contributed by atoms with Crippen molar-refractivity contribution >= 4 is 17.4 Å². The van der Waals surface area contributed by atoms with Crippen LogP contribution in [0.3, 0.4) is 0 Å². The monoisotopic (exact) mass is 296 g/mol. The maximum atomic E-state index is 11.9. The quantitative estimate of drug-likeness (QED) is 0.839. The molecule has 2 N–H and O–H groups in total. The van der Waals surface area contributed by atoms with E-state index in [1.807, 2.05) is 11.3 Å². The number of urea groups is 1. The highest BCUT2D eigenvalue weighted by molar-refractivity contribution is 7.12. The number of hydrogen-bond acceptors (Lipinski definition) is 3. The zero-order chi connectivity index (χ0) is 14.5. The normalized spacial score (nSPS) is 16.1. The average molecular weight is 296 g/mol. The van der Waals surface area contributed by atoms with Gasteiger partial charge in [-0.25, -0.2) is 4.79 Å². The Hall–Kier alpha value is -1.07. The van der Waals surface area contributed by atoms with E-state index in [1.54, 1.807) is 14.0 Å². The van der Waals surface area contributed by atoms with Gasteiger partial charge in [0.1, 0.15) is 0 Å². The first kappa shape index (κ1) is 15.3. The van der Waals surface area contributed by atoms with Crippen LogP contribution < -0.4 is 5.32 Å². The summed E-state index contributed by atoms with van der Waals surface area (Å²) in [4.78, 5) is 16.1. The van der Waals surface area contributed by atoms with Gasteiger partial charge in [-0.3, -0.25) is 0 Å². The van der Waals surface area contributed by atoms with Crippen molar-refractivity contribution in [3.8, 4) is 0 Å². The van der Waals surface area contributed by atoms with Gasteiger partial charge in [0, 0.05) is 23.3 Å². The Labute approximate surface area is 124 Å². The highest BCUT2D eigenvalue weighted by Gasteiger charge is 2.14.